The summed E-state index contributed by atoms with van der Waals surface area (Å²) in [7, 11) is 1.16. The number of phosphoric ester groups is 1. The van der Waals surface area contributed by atoms with Crippen LogP contribution < -0.4 is 10.2 Å². The Kier molecular flexibility index (Phi) is 51.0. The number of phosphoric acid groups is 1. The van der Waals surface area contributed by atoms with Crippen molar-refractivity contribution in [2.24, 2.45) is 0 Å². The topological polar surface area (TPSA) is 114 Å². The number of amides is 1. The molecule has 0 rings (SSSR count). The number of unbranched alkanes of at least 4 members (excludes halogenated alkanes) is 28. The van der Waals surface area contributed by atoms with Crippen LogP contribution in [0.3, 0.4) is 0 Å². The molecule has 3 atom stereocenters. The third kappa shape index (κ3) is 54.1. The lowest BCUT2D eigenvalue weighted by Gasteiger charge is -2.30. The average molecular weight is 1040 g/mol. The van der Waals surface area contributed by atoms with E-state index in [0.29, 0.717) is 17.4 Å². The van der Waals surface area contributed by atoms with Crippen molar-refractivity contribution >= 4 is 19.7 Å². The number of nitrogens with zero attached hydrogens (tertiary/aromatic N) is 1. The van der Waals surface area contributed by atoms with E-state index in [2.05, 4.69) is 86.8 Å². The van der Waals surface area contributed by atoms with Gasteiger partial charge >= 0.3 is 5.97 Å². The highest BCUT2D eigenvalue weighted by molar-refractivity contribution is 7.45. The van der Waals surface area contributed by atoms with Crippen LogP contribution in [0.4, 0.5) is 0 Å². The molecule has 0 radical (unpaired) electrons. The lowest BCUT2D eigenvalue weighted by atomic mass is 10.1. The summed E-state index contributed by atoms with van der Waals surface area (Å²) in [6.07, 6.45) is 67.2. The Morgan fingerprint density at radius 1 is 0.479 bits per heavy atom. The van der Waals surface area contributed by atoms with Gasteiger partial charge < -0.3 is 28.5 Å². The zero-order valence-electron chi connectivity index (χ0n) is 48.3. The molecule has 0 spiro atoms. The Bertz CT molecular complexity index is 1480. The van der Waals surface area contributed by atoms with Crippen LogP contribution in [0.5, 0.6) is 0 Å². The molecule has 0 aromatic rings. The maximum Gasteiger partial charge on any atom is 0.306 e. The number of rotatable bonds is 54. The van der Waals surface area contributed by atoms with E-state index in [9.17, 15) is 19.0 Å². The molecule has 1 N–H and O–H groups in total. The van der Waals surface area contributed by atoms with E-state index in [-0.39, 0.29) is 31.3 Å². The summed E-state index contributed by atoms with van der Waals surface area (Å²) in [5.74, 6) is -0.571. The van der Waals surface area contributed by atoms with Crippen molar-refractivity contribution in [2.45, 2.75) is 277 Å². The number of hydrogen-bond acceptors (Lipinski definition) is 7. The van der Waals surface area contributed by atoms with Gasteiger partial charge in [-0.3, -0.25) is 14.2 Å². The SMILES string of the molecule is CCCCC/C=C\C/C=C\C/C=C\CCCCCCC(=O)NC(COP(=O)([O-])OCC[N+](C)(C)C)C(/C=C/CCCCCCCCCCC)OC(=O)CCCCCCCCCCC/C=C\C/C=C\CCCCC. The minimum Gasteiger partial charge on any atom is -0.756 e. The molecule has 0 heterocycles. The summed E-state index contributed by atoms with van der Waals surface area (Å²) < 4.78 is 30.3. The van der Waals surface area contributed by atoms with Crippen LogP contribution in [0.1, 0.15) is 265 Å². The Labute approximate surface area is 451 Å². The molecule has 0 saturated heterocycles. The van der Waals surface area contributed by atoms with Crippen LogP contribution >= 0.6 is 7.82 Å². The van der Waals surface area contributed by atoms with Gasteiger partial charge in [0.2, 0.25) is 5.91 Å². The van der Waals surface area contributed by atoms with Crippen molar-refractivity contribution in [2.75, 3.05) is 40.9 Å². The highest BCUT2D eigenvalue weighted by Gasteiger charge is 2.27. The fraction of sp³-hybridized carbons (Fsp3) is 0.778. The molecule has 9 nitrogen and oxygen atoms in total. The van der Waals surface area contributed by atoms with Gasteiger partial charge in [0.15, 0.2) is 0 Å². The summed E-state index contributed by atoms with van der Waals surface area (Å²) in [6, 6.07) is -0.903. The fourth-order valence-electron chi connectivity index (χ4n) is 8.38. The maximum absolute atomic E-state index is 13.5. The van der Waals surface area contributed by atoms with E-state index in [4.69, 9.17) is 13.8 Å². The third-order valence-electron chi connectivity index (χ3n) is 13.1. The predicted octanol–water partition coefficient (Wildman–Crippen LogP) is 17.8. The lowest BCUT2D eigenvalue weighted by Crippen LogP contribution is -2.47. The van der Waals surface area contributed by atoms with Gasteiger partial charge in [0.1, 0.15) is 19.3 Å². The van der Waals surface area contributed by atoms with Crippen LogP contribution in [-0.4, -0.2) is 69.4 Å². The minimum atomic E-state index is -4.70. The molecule has 0 aromatic carbocycles. The molecule has 0 aromatic heterocycles. The van der Waals surface area contributed by atoms with Gasteiger partial charge in [0.25, 0.3) is 7.82 Å². The zero-order valence-corrected chi connectivity index (χ0v) is 49.2. The molecular formula is C63H115N2O7P. The molecule has 0 fully saturated rings. The number of esters is 1. The molecule has 0 aliphatic heterocycles. The quantitative estimate of drug-likeness (QED) is 0.0212. The monoisotopic (exact) mass is 1040 g/mol. The molecule has 0 bridgehead atoms. The van der Waals surface area contributed by atoms with Gasteiger partial charge in [0.05, 0.1) is 33.8 Å². The standard InChI is InChI=1S/C63H115N2O7P/c1-7-10-13-16-19-22-25-27-29-31-32-34-36-38-41-44-47-50-53-56-63(67)72-61(54-51-48-45-42-39-24-21-18-15-12-9-3)60(59-71-73(68,69)70-58-57-65(4,5)6)64-62(66)55-52-49-46-43-40-37-35-33-30-28-26-23-20-17-14-11-8-2/h19-20,22-23,27-30,35,37,51,54,60-61H,7-18,21,24-26,31-34,36,38-50,52-53,55-59H2,1-6H3,(H-,64,66,68,69)/b22-19-,23-20-,29-27-,30-28-,37-35-,54-51+. The second-order valence-corrected chi connectivity index (χ2v) is 22.9. The zero-order chi connectivity index (χ0) is 53.6. The second kappa shape index (κ2) is 52.9. The second-order valence-electron chi connectivity index (χ2n) is 21.5. The Hall–Kier alpha value is -2.55. The molecule has 0 aliphatic rings. The van der Waals surface area contributed by atoms with E-state index >= 15 is 0 Å². The minimum absolute atomic E-state index is 0.0299. The average Bonchev–Trinajstić information content (AvgIpc) is 3.35. The molecule has 1 amide bonds. The molecule has 73 heavy (non-hydrogen) atoms. The Morgan fingerprint density at radius 3 is 1.27 bits per heavy atom. The van der Waals surface area contributed by atoms with E-state index in [0.717, 1.165) is 96.3 Å². The fourth-order valence-corrected chi connectivity index (χ4v) is 9.10. The van der Waals surface area contributed by atoms with Crippen molar-refractivity contribution in [3.8, 4) is 0 Å². The van der Waals surface area contributed by atoms with Crippen LogP contribution in [0, 0.1) is 0 Å². The maximum atomic E-state index is 13.5. The van der Waals surface area contributed by atoms with Crippen LogP contribution in [0.25, 0.3) is 0 Å². The number of allylic oxidation sites excluding steroid dienone is 11. The molecule has 3 unspecified atom stereocenters. The number of quaternary nitrogens is 1. The van der Waals surface area contributed by atoms with Gasteiger partial charge in [-0.1, -0.05) is 222 Å². The van der Waals surface area contributed by atoms with Gasteiger partial charge in [0, 0.05) is 12.8 Å². The van der Waals surface area contributed by atoms with Crippen LogP contribution in [0.15, 0.2) is 72.9 Å². The summed E-state index contributed by atoms with van der Waals surface area (Å²) >= 11 is 0. The Balaban J connectivity index is 5.29. The van der Waals surface area contributed by atoms with Crippen LogP contribution in [-0.2, 0) is 27.9 Å². The summed E-state index contributed by atoms with van der Waals surface area (Å²) in [4.78, 5) is 39.9. The van der Waals surface area contributed by atoms with Crippen LogP contribution in [0.2, 0.25) is 0 Å². The highest BCUT2D eigenvalue weighted by atomic mass is 31.2. The first-order valence-corrected chi connectivity index (χ1v) is 31.7. The van der Waals surface area contributed by atoms with Gasteiger partial charge in [-0.05, 0) is 102 Å². The molecule has 424 valence electrons. The first kappa shape index (κ1) is 70.5. The van der Waals surface area contributed by atoms with E-state index in [1.165, 1.54) is 128 Å². The number of nitrogens with one attached hydrogen (secondary N) is 1. The van der Waals surface area contributed by atoms with E-state index in [1.54, 1.807) is 0 Å². The van der Waals surface area contributed by atoms with Crippen molar-refractivity contribution in [3.05, 3.63) is 72.9 Å². The molecular weight excluding hydrogens is 928 g/mol. The number of ether oxygens (including phenoxy) is 1. The first-order chi connectivity index (χ1) is 35.4. The van der Waals surface area contributed by atoms with Crippen molar-refractivity contribution < 1.29 is 37.3 Å². The number of carbonyl (C=O) groups excluding carboxylic acids is 2. The number of likely N-dealkylation sites (N-methyl/N-ethyl adjacent to an activating group) is 1. The third-order valence-corrected chi connectivity index (χ3v) is 14.1. The van der Waals surface area contributed by atoms with Gasteiger partial charge in [-0.25, -0.2) is 0 Å². The molecule has 10 heteroatoms. The van der Waals surface area contributed by atoms with Gasteiger partial charge in [-0.2, -0.15) is 0 Å². The number of carbonyl (C=O) groups is 2. The van der Waals surface area contributed by atoms with Crippen molar-refractivity contribution in [1.82, 2.24) is 5.32 Å². The van der Waals surface area contributed by atoms with E-state index < -0.39 is 26.6 Å². The largest absolute Gasteiger partial charge is 0.756 e. The van der Waals surface area contributed by atoms with E-state index in [1.807, 2.05) is 33.3 Å². The number of hydrogen-bond donors (Lipinski definition) is 1. The summed E-state index contributed by atoms with van der Waals surface area (Å²) in [6.45, 7) is 6.76. The van der Waals surface area contributed by atoms with Crippen molar-refractivity contribution in [3.63, 3.8) is 0 Å². The predicted molar refractivity (Wildman–Crippen MR) is 312 cm³/mol. The Morgan fingerprint density at radius 2 is 0.836 bits per heavy atom. The normalized spacial score (nSPS) is 14.2. The lowest BCUT2D eigenvalue weighted by molar-refractivity contribution is -0.870. The summed E-state index contributed by atoms with van der Waals surface area (Å²) in [5.41, 5.74) is 0. The highest BCUT2D eigenvalue weighted by Crippen LogP contribution is 2.38. The van der Waals surface area contributed by atoms with Crippen molar-refractivity contribution in [1.29, 1.82) is 0 Å². The smallest absolute Gasteiger partial charge is 0.306 e. The van der Waals surface area contributed by atoms with Gasteiger partial charge in [-0.15, -0.1) is 0 Å². The summed E-state index contributed by atoms with van der Waals surface area (Å²) in [5, 5.41) is 3.01. The molecule has 0 saturated carbocycles. The first-order valence-electron chi connectivity index (χ1n) is 30.2. The molecule has 0 aliphatic carbocycles.